The highest BCUT2D eigenvalue weighted by molar-refractivity contribution is 7.27. The van der Waals surface area contributed by atoms with E-state index in [4.69, 9.17) is 14.6 Å². The van der Waals surface area contributed by atoms with Crippen molar-refractivity contribution in [1.82, 2.24) is 9.55 Å². The van der Waals surface area contributed by atoms with Crippen molar-refractivity contribution < 1.29 is 19.0 Å². The minimum absolute atomic E-state index is 0.184. The molecule has 2 rings (SSSR count). The third kappa shape index (κ3) is 13.9. The zero-order chi connectivity index (χ0) is 29.0. The molecule has 2 aromatic rings. The number of hydrogen-bond acceptors (Lipinski definition) is 4. The second kappa shape index (κ2) is 19.8. The molecule has 1 heterocycles. The van der Waals surface area contributed by atoms with Crippen LogP contribution in [0, 0.1) is 5.82 Å². The Morgan fingerprint density at radius 3 is 2.67 bits per heavy atom. The normalized spacial score (nSPS) is 13.1. The fraction of sp³-hybridized carbons (Fsp3) is 0.344. The summed E-state index contributed by atoms with van der Waals surface area (Å²) < 4.78 is 27.7. The predicted molar refractivity (Wildman–Crippen MR) is 165 cm³/mol. The molecule has 0 aliphatic rings. The molecule has 0 fully saturated rings. The largest absolute Gasteiger partial charge is 0.494 e. The lowest BCUT2D eigenvalue weighted by Gasteiger charge is -2.10. The van der Waals surface area contributed by atoms with Crippen LogP contribution in [-0.2, 0) is 22.4 Å². The molecule has 2 unspecified atom stereocenters. The Kier molecular flexibility index (Phi) is 17.2. The van der Waals surface area contributed by atoms with Gasteiger partial charge >= 0.3 is 0 Å². The number of halogens is 1. The minimum Gasteiger partial charge on any atom is -0.494 e. The number of aliphatic hydroxyl groups is 1. The van der Waals surface area contributed by atoms with E-state index in [1.165, 1.54) is 11.6 Å². The minimum atomic E-state index is -0.259. The maximum absolute atomic E-state index is 13.9. The first kappa shape index (κ1) is 33.8. The van der Waals surface area contributed by atoms with Crippen LogP contribution in [0.25, 0.3) is 6.08 Å². The van der Waals surface area contributed by atoms with Gasteiger partial charge in [0, 0.05) is 37.5 Å². The average molecular weight is 555 g/mol. The molecule has 212 valence electrons. The molecule has 2 atom stereocenters. The lowest BCUT2D eigenvalue weighted by atomic mass is 10.1. The average Bonchev–Trinajstić information content (AvgIpc) is 3.38. The molecule has 1 aromatic heterocycles. The molecule has 0 amide bonds. The van der Waals surface area contributed by atoms with Crippen LogP contribution in [0.5, 0.6) is 0 Å². The van der Waals surface area contributed by atoms with Gasteiger partial charge in [-0.2, -0.15) is 0 Å². The van der Waals surface area contributed by atoms with Gasteiger partial charge < -0.3 is 19.1 Å². The summed E-state index contributed by atoms with van der Waals surface area (Å²) in [7, 11) is 2.48. The molecule has 39 heavy (non-hydrogen) atoms. The first-order chi connectivity index (χ1) is 18.8. The number of allylic oxidation sites excluding steroid dienone is 4. The number of aromatic nitrogens is 2. The quantitative estimate of drug-likeness (QED) is 0.104. The predicted octanol–water partition coefficient (Wildman–Crippen LogP) is 7.09. The number of aliphatic hydroxyl groups excluding tert-OH is 1. The van der Waals surface area contributed by atoms with Gasteiger partial charge in [-0.15, -0.1) is 22.4 Å². The number of benzene rings is 1. The van der Waals surface area contributed by atoms with Crippen LogP contribution in [0.4, 0.5) is 4.39 Å². The lowest BCUT2D eigenvalue weighted by molar-refractivity contribution is 0.193. The highest BCUT2D eigenvalue weighted by Gasteiger charge is 2.03. The highest BCUT2D eigenvalue weighted by Crippen LogP contribution is 2.12. The number of imidazole rings is 1. The van der Waals surface area contributed by atoms with Crippen LogP contribution >= 0.6 is 9.24 Å². The molecule has 0 saturated carbocycles. The van der Waals surface area contributed by atoms with E-state index in [0.717, 1.165) is 48.9 Å². The van der Waals surface area contributed by atoms with Crippen molar-refractivity contribution in [3.8, 4) is 0 Å². The summed E-state index contributed by atoms with van der Waals surface area (Å²) in [4.78, 5) is 4.38. The number of ether oxygens (including phenoxy) is 2. The van der Waals surface area contributed by atoms with E-state index in [2.05, 4.69) is 51.5 Å². The molecule has 1 N–H and O–H groups in total. The van der Waals surface area contributed by atoms with Crippen molar-refractivity contribution in [2.24, 2.45) is 0 Å². The van der Waals surface area contributed by atoms with E-state index in [-0.39, 0.29) is 18.5 Å². The number of rotatable bonds is 16. The summed E-state index contributed by atoms with van der Waals surface area (Å²) in [5, 5.41) is 9.84. The number of nitrogens with zero attached hydrogens (tertiary/aromatic N) is 2. The highest BCUT2D eigenvalue weighted by atomic mass is 31.0. The van der Waals surface area contributed by atoms with E-state index >= 15 is 0 Å². The van der Waals surface area contributed by atoms with Crippen molar-refractivity contribution >= 4 is 20.6 Å². The van der Waals surface area contributed by atoms with Crippen molar-refractivity contribution in [3.05, 3.63) is 115 Å². The summed E-state index contributed by atoms with van der Waals surface area (Å²) in [5.74, 6) is 1.45. The SMILES string of the molecule is C=C.C=C/C(=C\C=C(/C)CCCn1ccnc1CCCO)OC/C(C)=C/OC(C)/C=C/c1ccc(P)cc1F. The molecular formula is C32H44FN2O3P. The second-order valence-electron chi connectivity index (χ2n) is 8.99. The van der Waals surface area contributed by atoms with Crippen molar-refractivity contribution in [2.45, 2.75) is 59.1 Å². The van der Waals surface area contributed by atoms with Gasteiger partial charge in [-0.1, -0.05) is 36.4 Å². The summed E-state index contributed by atoms with van der Waals surface area (Å²) >= 11 is 0. The van der Waals surface area contributed by atoms with Gasteiger partial charge in [0.05, 0.1) is 6.26 Å². The van der Waals surface area contributed by atoms with Crippen LogP contribution in [0.15, 0.2) is 97.8 Å². The molecule has 0 aliphatic heterocycles. The van der Waals surface area contributed by atoms with E-state index < -0.39 is 0 Å². The van der Waals surface area contributed by atoms with Gasteiger partial charge in [0.25, 0.3) is 0 Å². The second-order valence-corrected chi connectivity index (χ2v) is 9.65. The Morgan fingerprint density at radius 2 is 1.97 bits per heavy atom. The molecule has 7 heteroatoms. The lowest BCUT2D eigenvalue weighted by Crippen LogP contribution is -2.04. The van der Waals surface area contributed by atoms with E-state index in [1.807, 2.05) is 44.5 Å². The Balaban J connectivity index is 0.00000371. The Bertz CT molecular complexity index is 1130. The molecule has 0 aliphatic carbocycles. The van der Waals surface area contributed by atoms with Crippen molar-refractivity contribution in [2.75, 3.05) is 13.2 Å². The third-order valence-electron chi connectivity index (χ3n) is 5.59. The monoisotopic (exact) mass is 554 g/mol. The third-order valence-corrected chi connectivity index (χ3v) is 5.94. The molecule has 0 bridgehead atoms. The molecule has 0 spiro atoms. The van der Waals surface area contributed by atoms with Gasteiger partial charge in [-0.25, -0.2) is 9.37 Å². The van der Waals surface area contributed by atoms with Gasteiger partial charge in [0.15, 0.2) is 0 Å². The maximum Gasteiger partial charge on any atom is 0.131 e. The van der Waals surface area contributed by atoms with Gasteiger partial charge in [-0.05, 0) is 75.2 Å². The maximum atomic E-state index is 13.9. The first-order valence-electron chi connectivity index (χ1n) is 13.1. The van der Waals surface area contributed by atoms with Crippen molar-refractivity contribution in [3.63, 3.8) is 0 Å². The molecule has 0 radical (unpaired) electrons. The Morgan fingerprint density at radius 1 is 1.21 bits per heavy atom. The summed E-state index contributed by atoms with van der Waals surface area (Å²) in [5.41, 5.74) is 2.70. The zero-order valence-electron chi connectivity index (χ0n) is 23.6. The fourth-order valence-electron chi connectivity index (χ4n) is 3.44. The van der Waals surface area contributed by atoms with Gasteiger partial charge in [-0.3, -0.25) is 0 Å². The summed E-state index contributed by atoms with van der Waals surface area (Å²) in [6.07, 6.45) is 18.0. The standard InChI is InChI=1S/C30H40FN2O3P.C2H4/c1-5-27(14-10-23(2)8-6-17-33-18-16-32-30(33)9-7-19-34)36-22-24(3)21-35-25(4)11-12-26-13-15-28(37)20-29(26)31;1-2/h5,10-16,18,20-21,25,34H,1,6-9,17,19,22,37H2,2-4H3;1-2H2/b12-11+,23-10+,24-21+,27-14+;. The zero-order valence-corrected chi connectivity index (χ0v) is 24.8. The fourth-order valence-corrected chi connectivity index (χ4v) is 3.68. The Hall–Kier alpha value is -3.21. The van der Waals surface area contributed by atoms with Gasteiger partial charge in [0.1, 0.15) is 30.1 Å². The van der Waals surface area contributed by atoms with Crippen LogP contribution in [0.3, 0.4) is 0 Å². The van der Waals surface area contributed by atoms with Crippen molar-refractivity contribution in [1.29, 1.82) is 0 Å². The van der Waals surface area contributed by atoms with E-state index in [1.54, 1.807) is 24.5 Å². The molecule has 1 aromatic carbocycles. The van der Waals surface area contributed by atoms with E-state index in [0.29, 0.717) is 17.9 Å². The van der Waals surface area contributed by atoms with E-state index in [9.17, 15) is 4.39 Å². The summed E-state index contributed by atoms with van der Waals surface area (Å²) in [6, 6.07) is 5.07. The first-order valence-corrected chi connectivity index (χ1v) is 13.7. The molecule has 5 nitrogen and oxygen atoms in total. The Labute approximate surface area is 236 Å². The van der Waals surface area contributed by atoms with Crippen LogP contribution < -0.4 is 5.30 Å². The van der Waals surface area contributed by atoms with Gasteiger partial charge in [0.2, 0.25) is 0 Å². The summed E-state index contributed by atoms with van der Waals surface area (Å²) in [6.45, 7) is 17.2. The smallest absolute Gasteiger partial charge is 0.131 e. The van der Waals surface area contributed by atoms with Crippen LogP contribution in [0.1, 0.15) is 51.4 Å². The van der Waals surface area contributed by atoms with Crippen LogP contribution in [0.2, 0.25) is 0 Å². The molecule has 0 saturated heterocycles. The topological polar surface area (TPSA) is 56.5 Å². The number of aryl methyl sites for hydroxylation is 2. The van der Waals surface area contributed by atoms with Crippen LogP contribution in [-0.4, -0.2) is 34.0 Å². The molecular weight excluding hydrogens is 510 g/mol. The number of hydrogen-bond donors (Lipinski definition) is 1.